The molecule has 1 atom stereocenters. The molecule has 1 aromatic rings. The fourth-order valence-corrected chi connectivity index (χ4v) is 2.76. The number of nitrogens with one attached hydrogen (secondary N) is 1. The fourth-order valence-electron chi connectivity index (χ4n) is 2.76. The molecule has 0 radical (unpaired) electrons. The van der Waals surface area contributed by atoms with E-state index in [0.29, 0.717) is 25.6 Å². The highest BCUT2D eigenvalue weighted by molar-refractivity contribution is 5.84. The molecule has 1 unspecified atom stereocenters. The largest absolute Gasteiger partial charge is 0.493 e. The first-order valence-corrected chi connectivity index (χ1v) is 7.41. The molecule has 1 saturated carbocycles. The summed E-state index contributed by atoms with van der Waals surface area (Å²) in [5.74, 6) is 1.31. The standard InChI is InChI=1S/C16H21NO3/c1-2-19-15(18)16(17-11-12-7-8-12)9-10-20-14-6-4-3-5-13(14)16/h3-6,12,17H,2,7-11H2,1H3. The Bertz CT molecular complexity index is 498. The Morgan fingerprint density at radius 2 is 2.25 bits per heavy atom. The summed E-state index contributed by atoms with van der Waals surface area (Å²) in [6.45, 7) is 3.65. The lowest BCUT2D eigenvalue weighted by Gasteiger charge is -2.37. The van der Waals surface area contributed by atoms with Crippen LogP contribution >= 0.6 is 0 Å². The normalized spacial score (nSPS) is 24.6. The molecule has 0 bridgehead atoms. The predicted molar refractivity (Wildman–Crippen MR) is 75.6 cm³/mol. The van der Waals surface area contributed by atoms with E-state index in [1.165, 1.54) is 12.8 Å². The maximum absolute atomic E-state index is 12.6. The maximum Gasteiger partial charge on any atom is 0.331 e. The lowest BCUT2D eigenvalue weighted by atomic mass is 9.84. The van der Waals surface area contributed by atoms with Crippen LogP contribution in [0.5, 0.6) is 5.75 Å². The first kappa shape index (κ1) is 13.4. The molecule has 3 rings (SSSR count). The molecule has 108 valence electrons. The molecule has 1 aliphatic carbocycles. The Hall–Kier alpha value is -1.55. The van der Waals surface area contributed by atoms with Crippen molar-refractivity contribution in [2.75, 3.05) is 19.8 Å². The lowest BCUT2D eigenvalue weighted by molar-refractivity contribution is -0.153. The number of rotatable bonds is 5. The van der Waals surface area contributed by atoms with Gasteiger partial charge >= 0.3 is 5.97 Å². The number of fused-ring (bicyclic) bond motifs is 1. The highest BCUT2D eigenvalue weighted by atomic mass is 16.5. The van der Waals surface area contributed by atoms with Gasteiger partial charge in [-0.2, -0.15) is 0 Å². The van der Waals surface area contributed by atoms with Crippen molar-refractivity contribution < 1.29 is 14.3 Å². The second-order valence-electron chi connectivity index (χ2n) is 5.54. The van der Waals surface area contributed by atoms with E-state index >= 15 is 0 Å². The molecule has 1 aliphatic heterocycles. The molecule has 1 aromatic carbocycles. The second kappa shape index (κ2) is 5.44. The van der Waals surface area contributed by atoms with Crippen LogP contribution in [0.25, 0.3) is 0 Å². The molecular weight excluding hydrogens is 254 g/mol. The molecule has 0 saturated heterocycles. The monoisotopic (exact) mass is 275 g/mol. The summed E-state index contributed by atoms with van der Waals surface area (Å²) < 4.78 is 11.0. The van der Waals surface area contributed by atoms with Crippen molar-refractivity contribution in [3.8, 4) is 5.75 Å². The van der Waals surface area contributed by atoms with E-state index in [1.54, 1.807) is 0 Å². The van der Waals surface area contributed by atoms with Crippen LogP contribution in [-0.2, 0) is 15.1 Å². The highest BCUT2D eigenvalue weighted by Gasteiger charge is 2.46. The van der Waals surface area contributed by atoms with E-state index < -0.39 is 5.54 Å². The van der Waals surface area contributed by atoms with Crippen LogP contribution in [0.3, 0.4) is 0 Å². The van der Waals surface area contributed by atoms with E-state index in [9.17, 15) is 4.79 Å². The van der Waals surface area contributed by atoms with Crippen molar-refractivity contribution in [1.82, 2.24) is 5.32 Å². The van der Waals surface area contributed by atoms with Gasteiger partial charge in [-0.25, -0.2) is 4.79 Å². The van der Waals surface area contributed by atoms with Gasteiger partial charge in [0.25, 0.3) is 0 Å². The highest BCUT2D eigenvalue weighted by Crippen LogP contribution is 2.39. The van der Waals surface area contributed by atoms with Gasteiger partial charge in [-0.05, 0) is 38.3 Å². The van der Waals surface area contributed by atoms with E-state index in [4.69, 9.17) is 9.47 Å². The minimum absolute atomic E-state index is 0.184. The van der Waals surface area contributed by atoms with Crippen LogP contribution < -0.4 is 10.1 Å². The summed E-state index contributed by atoms with van der Waals surface area (Å²) >= 11 is 0. The Morgan fingerprint density at radius 1 is 1.45 bits per heavy atom. The zero-order valence-corrected chi connectivity index (χ0v) is 11.9. The van der Waals surface area contributed by atoms with E-state index in [2.05, 4.69) is 5.32 Å². The van der Waals surface area contributed by atoms with Crippen molar-refractivity contribution in [1.29, 1.82) is 0 Å². The minimum atomic E-state index is -0.743. The van der Waals surface area contributed by atoms with Gasteiger partial charge in [0.05, 0.1) is 13.2 Å². The third kappa shape index (κ3) is 2.40. The minimum Gasteiger partial charge on any atom is -0.493 e. The van der Waals surface area contributed by atoms with Gasteiger partial charge in [-0.15, -0.1) is 0 Å². The van der Waals surface area contributed by atoms with Gasteiger partial charge in [-0.3, -0.25) is 5.32 Å². The molecular formula is C16H21NO3. The summed E-state index contributed by atoms with van der Waals surface area (Å²) in [6, 6.07) is 7.76. The van der Waals surface area contributed by atoms with E-state index in [0.717, 1.165) is 17.9 Å². The van der Waals surface area contributed by atoms with Gasteiger partial charge in [0.15, 0.2) is 0 Å². The predicted octanol–water partition coefficient (Wildman–Crippen LogP) is 2.23. The average molecular weight is 275 g/mol. The number of esters is 1. The third-order valence-electron chi connectivity index (χ3n) is 4.09. The number of carbonyl (C=O) groups excluding carboxylic acids is 1. The van der Waals surface area contributed by atoms with Crippen molar-refractivity contribution >= 4 is 5.97 Å². The first-order chi connectivity index (χ1) is 9.76. The van der Waals surface area contributed by atoms with Crippen LogP contribution in [0.4, 0.5) is 0 Å². The quantitative estimate of drug-likeness (QED) is 0.837. The van der Waals surface area contributed by atoms with Crippen molar-refractivity contribution in [2.24, 2.45) is 5.92 Å². The summed E-state index contributed by atoms with van der Waals surface area (Å²) in [5.41, 5.74) is 0.165. The van der Waals surface area contributed by atoms with Gasteiger partial charge in [0, 0.05) is 12.0 Å². The van der Waals surface area contributed by atoms with Crippen molar-refractivity contribution in [2.45, 2.75) is 31.7 Å². The zero-order valence-electron chi connectivity index (χ0n) is 11.9. The molecule has 2 aliphatic rings. The number of hydrogen-bond donors (Lipinski definition) is 1. The Morgan fingerprint density at radius 3 is 3.00 bits per heavy atom. The van der Waals surface area contributed by atoms with Gasteiger partial charge in [-0.1, -0.05) is 18.2 Å². The number of hydrogen-bond acceptors (Lipinski definition) is 4. The Kier molecular flexibility index (Phi) is 3.66. The Labute approximate surface area is 119 Å². The van der Waals surface area contributed by atoms with Crippen LogP contribution in [-0.4, -0.2) is 25.7 Å². The smallest absolute Gasteiger partial charge is 0.331 e. The SMILES string of the molecule is CCOC(=O)C1(NCC2CC2)CCOc2ccccc21. The summed E-state index contributed by atoms with van der Waals surface area (Å²) in [5, 5.41) is 3.48. The fraction of sp³-hybridized carbons (Fsp3) is 0.562. The summed E-state index contributed by atoms with van der Waals surface area (Å²) in [4.78, 5) is 12.6. The molecule has 0 aromatic heterocycles. The third-order valence-corrected chi connectivity index (χ3v) is 4.09. The molecule has 4 heteroatoms. The molecule has 4 nitrogen and oxygen atoms in total. The average Bonchev–Trinajstić information content (AvgIpc) is 3.29. The second-order valence-corrected chi connectivity index (χ2v) is 5.54. The van der Waals surface area contributed by atoms with Crippen LogP contribution in [0.1, 0.15) is 31.7 Å². The molecule has 0 amide bonds. The Balaban J connectivity index is 1.94. The lowest BCUT2D eigenvalue weighted by Crippen LogP contribution is -2.53. The summed E-state index contributed by atoms with van der Waals surface area (Å²) in [6.07, 6.45) is 3.13. The van der Waals surface area contributed by atoms with Gasteiger partial charge in [0.2, 0.25) is 0 Å². The number of benzene rings is 1. The topological polar surface area (TPSA) is 47.6 Å². The van der Waals surface area contributed by atoms with Gasteiger partial charge < -0.3 is 9.47 Å². The zero-order chi connectivity index (χ0) is 14.0. The molecule has 1 N–H and O–H groups in total. The number of ether oxygens (including phenoxy) is 2. The van der Waals surface area contributed by atoms with Crippen molar-refractivity contribution in [3.05, 3.63) is 29.8 Å². The maximum atomic E-state index is 12.6. The van der Waals surface area contributed by atoms with Crippen molar-refractivity contribution in [3.63, 3.8) is 0 Å². The first-order valence-electron chi connectivity index (χ1n) is 7.41. The van der Waals surface area contributed by atoms with Gasteiger partial charge in [0.1, 0.15) is 11.3 Å². The molecule has 20 heavy (non-hydrogen) atoms. The number of carbonyl (C=O) groups is 1. The summed E-state index contributed by atoms with van der Waals surface area (Å²) in [7, 11) is 0. The van der Waals surface area contributed by atoms with Crippen LogP contribution in [0, 0.1) is 5.92 Å². The van der Waals surface area contributed by atoms with E-state index in [-0.39, 0.29) is 5.97 Å². The van der Waals surface area contributed by atoms with Crippen LogP contribution in [0.15, 0.2) is 24.3 Å². The molecule has 1 fully saturated rings. The molecule has 0 spiro atoms. The molecule has 1 heterocycles. The van der Waals surface area contributed by atoms with Crippen LogP contribution in [0.2, 0.25) is 0 Å². The van der Waals surface area contributed by atoms with E-state index in [1.807, 2.05) is 31.2 Å². The number of para-hydroxylation sites is 1.